The van der Waals surface area contributed by atoms with Gasteiger partial charge in [-0.2, -0.15) is 0 Å². The molecule has 1 saturated heterocycles. The maximum Gasteiger partial charge on any atom is 0.226 e. The normalized spacial score (nSPS) is 16.6. The fourth-order valence-corrected chi connectivity index (χ4v) is 3.78. The molecule has 0 radical (unpaired) electrons. The Labute approximate surface area is 166 Å². The van der Waals surface area contributed by atoms with E-state index in [1.54, 1.807) is 11.3 Å². The van der Waals surface area contributed by atoms with Crippen LogP contribution in [0, 0.1) is 0 Å². The summed E-state index contributed by atoms with van der Waals surface area (Å²) in [5, 5.41) is 9.30. The number of nitrogens with zero attached hydrogens (tertiary/aromatic N) is 1. The van der Waals surface area contributed by atoms with Crippen molar-refractivity contribution in [3.63, 3.8) is 0 Å². The molecule has 0 bridgehead atoms. The second kappa shape index (κ2) is 10.4. The molecule has 1 amide bonds. The second-order valence-corrected chi connectivity index (χ2v) is 7.22. The number of piperidine rings is 1. The lowest BCUT2D eigenvalue weighted by Crippen LogP contribution is -2.46. The van der Waals surface area contributed by atoms with Crippen molar-refractivity contribution in [3.05, 3.63) is 39.8 Å². The molecule has 0 aliphatic carbocycles. The molecule has 1 aliphatic heterocycles. The first-order chi connectivity index (χ1) is 10.7. The van der Waals surface area contributed by atoms with Gasteiger partial charge in [-0.05, 0) is 31.5 Å². The molecule has 1 aromatic heterocycles. The van der Waals surface area contributed by atoms with Crippen molar-refractivity contribution in [1.29, 1.82) is 0 Å². The van der Waals surface area contributed by atoms with Crippen molar-refractivity contribution in [2.45, 2.75) is 25.3 Å². The Hall–Kier alpha value is -0.660. The van der Waals surface area contributed by atoms with Gasteiger partial charge in [-0.25, -0.2) is 4.98 Å². The number of carbonyl (C=O) groups is 1. The average molecular weight is 453 g/mol. The van der Waals surface area contributed by atoms with Gasteiger partial charge in [0.25, 0.3) is 0 Å². The number of rotatable bonds is 4. The van der Waals surface area contributed by atoms with Crippen LogP contribution in [0.1, 0.15) is 18.5 Å². The third kappa shape index (κ3) is 6.01. The zero-order valence-electron chi connectivity index (χ0n) is 13.0. The van der Waals surface area contributed by atoms with Gasteiger partial charge in [0, 0.05) is 28.0 Å². The number of halogens is 3. The van der Waals surface area contributed by atoms with E-state index in [0.717, 1.165) is 46.7 Å². The van der Waals surface area contributed by atoms with Crippen LogP contribution < -0.4 is 10.6 Å². The highest BCUT2D eigenvalue weighted by Crippen LogP contribution is 2.26. The number of benzene rings is 1. The summed E-state index contributed by atoms with van der Waals surface area (Å²) in [4.78, 5) is 16.7. The van der Waals surface area contributed by atoms with Crippen LogP contribution in [-0.2, 0) is 11.2 Å². The molecule has 2 N–H and O–H groups in total. The predicted molar refractivity (Wildman–Crippen MR) is 107 cm³/mol. The lowest BCUT2D eigenvalue weighted by Gasteiger charge is -2.23. The van der Waals surface area contributed by atoms with Crippen molar-refractivity contribution in [3.8, 4) is 10.6 Å². The molecule has 1 aromatic carbocycles. The summed E-state index contributed by atoms with van der Waals surface area (Å²) in [7, 11) is 0. The lowest BCUT2D eigenvalue weighted by atomic mass is 10.1. The van der Waals surface area contributed by atoms with Gasteiger partial charge in [-0.1, -0.05) is 28.1 Å². The molecular formula is C16H20BrCl2N3OS. The Balaban J connectivity index is 0.00000144. The Morgan fingerprint density at radius 2 is 2.25 bits per heavy atom. The minimum atomic E-state index is 0. The largest absolute Gasteiger partial charge is 0.352 e. The summed E-state index contributed by atoms with van der Waals surface area (Å²) < 4.78 is 1.03. The molecular weight excluding hydrogens is 433 g/mol. The first kappa shape index (κ1) is 21.4. The smallest absolute Gasteiger partial charge is 0.226 e. The Morgan fingerprint density at radius 1 is 1.42 bits per heavy atom. The van der Waals surface area contributed by atoms with Crippen LogP contribution in [0.5, 0.6) is 0 Å². The first-order valence-electron chi connectivity index (χ1n) is 7.41. The van der Waals surface area contributed by atoms with Gasteiger partial charge in [0.15, 0.2) is 0 Å². The molecule has 2 heterocycles. The number of amides is 1. The van der Waals surface area contributed by atoms with E-state index in [1.165, 1.54) is 0 Å². The predicted octanol–water partition coefficient (Wildman–Crippen LogP) is 3.83. The average Bonchev–Trinajstić information content (AvgIpc) is 2.96. The molecule has 132 valence electrons. The van der Waals surface area contributed by atoms with Gasteiger partial charge >= 0.3 is 0 Å². The first-order valence-corrected chi connectivity index (χ1v) is 9.08. The highest BCUT2D eigenvalue weighted by molar-refractivity contribution is 9.10. The van der Waals surface area contributed by atoms with E-state index in [2.05, 4.69) is 31.5 Å². The van der Waals surface area contributed by atoms with E-state index < -0.39 is 0 Å². The summed E-state index contributed by atoms with van der Waals surface area (Å²) in [6, 6.07) is 8.30. The number of hydrogen-bond donors (Lipinski definition) is 2. The number of aromatic nitrogens is 1. The molecule has 4 nitrogen and oxygen atoms in total. The third-order valence-corrected chi connectivity index (χ3v) is 5.06. The van der Waals surface area contributed by atoms with Crippen molar-refractivity contribution in [2.24, 2.45) is 0 Å². The fourth-order valence-electron chi connectivity index (χ4n) is 2.56. The number of nitrogens with one attached hydrogen (secondary N) is 2. The highest BCUT2D eigenvalue weighted by atomic mass is 79.9. The highest BCUT2D eigenvalue weighted by Gasteiger charge is 2.16. The summed E-state index contributed by atoms with van der Waals surface area (Å²) in [5.41, 5.74) is 1.91. The standard InChI is InChI=1S/C16H18BrN3OS.2ClH/c17-12-4-1-3-11(7-12)16-20-14(10-22-16)8-15(21)19-13-5-2-6-18-9-13;;/h1,3-4,7,10,13,18H,2,5-6,8-9H2,(H,19,21);2*1H. The van der Waals surface area contributed by atoms with Crippen LogP contribution in [0.2, 0.25) is 0 Å². The maximum atomic E-state index is 12.1. The van der Waals surface area contributed by atoms with E-state index in [1.807, 2.05) is 29.6 Å². The Morgan fingerprint density at radius 3 is 2.96 bits per heavy atom. The lowest BCUT2D eigenvalue weighted by molar-refractivity contribution is -0.121. The summed E-state index contributed by atoms with van der Waals surface area (Å²) >= 11 is 5.04. The minimum absolute atomic E-state index is 0. The summed E-state index contributed by atoms with van der Waals surface area (Å²) in [6.45, 7) is 1.92. The quantitative estimate of drug-likeness (QED) is 0.741. The van der Waals surface area contributed by atoms with Gasteiger partial charge in [-0.3, -0.25) is 4.79 Å². The van der Waals surface area contributed by atoms with E-state index >= 15 is 0 Å². The Kier molecular flexibility index (Phi) is 9.23. The molecule has 24 heavy (non-hydrogen) atoms. The second-order valence-electron chi connectivity index (χ2n) is 5.44. The molecule has 1 fully saturated rings. The minimum Gasteiger partial charge on any atom is -0.352 e. The number of carbonyl (C=O) groups excluding carboxylic acids is 1. The number of thiazole rings is 1. The van der Waals surface area contributed by atoms with Crippen molar-refractivity contribution < 1.29 is 4.79 Å². The third-order valence-electron chi connectivity index (χ3n) is 3.63. The molecule has 1 unspecified atom stereocenters. The summed E-state index contributed by atoms with van der Waals surface area (Å²) in [5.74, 6) is 0.0554. The Bertz CT molecular complexity index is 662. The van der Waals surface area contributed by atoms with E-state index in [-0.39, 0.29) is 36.8 Å². The van der Waals surface area contributed by atoms with Crippen molar-refractivity contribution in [1.82, 2.24) is 15.6 Å². The summed E-state index contributed by atoms with van der Waals surface area (Å²) in [6.07, 6.45) is 2.52. The molecule has 0 spiro atoms. The number of hydrogen-bond acceptors (Lipinski definition) is 4. The van der Waals surface area contributed by atoms with Crippen molar-refractivity contribution >= 4 is 58.0 Å². The van der Waals surface area contributed by atoms with Crippen LogP contribution in [0.15, 0.2) is 34.1 Å². The van der Waals surface area contributed by atoms with Gasteiger partial charge in [0.2, 0.25) is 5.91 Å². The molecule has 8 heteroatoms. The monoisotopic (exact) mass is 451 g/mol. The van der Waals surface area contributed by atoms with Crippen LogP contribution in [-0.4, -0.2) is 30.0 Å². The van der Waals surface area contributed by atoms with Crippen LogP contribution in [0.3, 0.4) is 0 Å². The molecule has 1 atom stereocenters. The van der Waals surface area contributed by atoms with Gasteiger partial charge in [-0.15, -0.1) is 36.2 Å². The van der Waals surface area contributed by atoms with Gasteiger partial charge < -0.3 is 10.6 Å². The van der Waals surface area contributed by atoms with Gasteiger partial charge in [0.1, 0.15) is 5.01 Å². The van der Waals surface area contributed by atoms with E-state index in [4.69, 9.17) is 0 Å². The van der Waals surface area contributed by atoms with E-state index in [9.17, 15) is 4.79 Å². The van der Waals surface area contributed by atoms with Crippen LogP contribution in [0.25, 0.3) is 10.6 Å². The van der Waals surface area contributed by atoms with Crippen LogP contribution >= 0.6 is 52.1 Å². The maximum absolute atomic E-state index is 12.1. The molecule has 0 saturated carbocycles. The topological polar surface area (TPSA) is 54.0 Å². The van der Waals surface area contributed by atoms with Crippen LogP contribution in [0.4, 0.5) is 0 Å². The van der Waals surface area contributed by atoms with Gasteiger partial charge in [0.05, 0.1) is 12.1 Å². The molecule has 2 aromatic rings. The van der Waals surface area contributed by atoms with E-state index in [0.29, 0.717) is 6.42 Å². The zero-order valence-corrected chi connectivity index (χ0v) is 17.0. The molecule has 1 aliphatic rings. The molecule has 3 rings (SSSR count). The fraction of sp³-hybridized carbons (Fsp3) is 0.375. The SMILES string of the molecule is Cl.Cl.O=C(Cc1csc(-c2cccc(Br)c2)n1)NC1CCCNC1. The van der Waals surface area contributed by atoms with Crippen molar-refractivity contribution in [2.75, 3.05) is 13.1 Å². The zero-order chi connectivity index (χ0) is 15.4.